The van der Waals surface area contributed by atoms with Crippen LogP contribution in [0.5, 0.6) is 0 Å². The number of carbonyl (C=O) groups excluding carboxylic acids is 1. The van der Waals surface area contributed by atoms with Crippen molar-refractivity contribution in [3.63, 3.8) is 0 Å². The van der Waals surface area contributed by atoms with E-state index in [9.17, 15) is 13.2 Å². The summed E-state index contributed by atoms with van der Waals surface area (Å²) in [5.41, 5.74) is 1.82. The molecule has 8 heteroatoms. The Labute approximate surface area is 148 Å². The van der Waals surface area contributed by atoms with E-state index in [0.29, 0.717) is 23.5 Å². The molecule has 23 heavy (non-hydrogen) atoms. The van der Waals surface area contributed by atoms with Gasteiger partial charge in [-0.1, -0.05) is 6.07 Å². The zero-order valence-electron chi connectivity index (χ0n) is 12.7. The maximum absolute atomic E-state index is 12.3. The fourth-order valence-corrected chi connectivity index (χ4v) is 3.87. The number of amides is 1. The number of anilines is 1. The van der Waals surface area contributed by atoms with Gasteiger partial charge in [0.05, 0.1) is 16.8 Å². The number of thiophene rings is 1. The smallest absolute Gasteiger partial charge is 0.265 e. The Hall–Kier alpha value is -1.22. The SMILES string of the molecule is Cc1ccc(NC(=O)c2ccc(CCNS(C)(=O)=O)s2)c(Br)c1. The van der Waals surface area contributed by atoms with E-state index in [1.165, 1.54) is 11.3 Å². The number of sulfonamides is 1. The van der Waals surface area contributed by atoms with E-state index in [2.05, 4.69) is 26.0 Å². The molecule has 0 spiro atoms. The minimum atomic E-state index is -3.18. The molecule has 0 atom stereocenters. The van der Waals surface area contributed by atoms with Gasteiger partial charge < -0.3 is 5.32 Å². The fraction of sp³-hybridized carbons (Fsp3) is 0.267. The number of halogens is 1. The van der Waals surface area contributed by atoms with Gasteiger partial charge in [0.2, 0.25) is 10.0 Å². The van der Waals surface area contributed by atoms with E-state index in [4.69, 9.17) is 0 Å². The number of hydrogen-bond acceptors (Lipinski definition) is 4. The predicted molar refractivity (Wildman–Crippen MR) is 97.7 cm³/mol. The molecule has 0 aliphatic heterocycles. The van der Waals surface area contributed by atoms with E-state index in [1.807, 2.05) is 31.2 Å². The summed E-state index contributed by atoms with van der Waals surface area (Å²) in [6, 6.07) is 9.30. The zero-order valence-corrected chi connectivity index (χ0v) is 15.9. The molecule has 0 aliphatic rings. The van der Waals surface area contributed by atoms with Crippen LogP contribution in [0.1, 0.15) is 20.1 Å². The Morgan fingerprint density at radius 1 is 1.26 bits per heavy atom. The van der Waals surface area contributed by atoms with Crippen molar-refractivity contribution >= 4 is 48.9 Å². The summed E-state index contributed by atoms with van der Waals surface area (Å²) in [6.45, 7) is 2.30. The molecule has 1 heterocycles. The molecule has 2 N–H and O–H groups in total. The summed E-state index contributed by atoms with van der Waals surface area (Å²) < 4.78 is 25.3. The topological polar surface area (TPSA) is 75.3 Å². The molecule has 0 saturated heterocycles. The number of nitrogens with one attached hydrogen (secondary N) is 2. The van der Waals surface area contributed by atoms with Gasteiger partial charge >= 0.3 is 0 Å². The van der Waals surface area contributed by atoms with Crippen LogP contribution in [0.2, 0.25) is 0 Å². The fourth-order valence-electron chi connectivity index (χ4n) is 1.90. The summed E-state index contributed by atoms with van der Waals surface area (Å²) in [5.74, 6) is -0.179. The van der Waals surface area contributed by atoms with Gasteiger partial charge in [0, 0.05) is 15.9 Å². The predicted octanol–water partition coefficient (Wildman–Crippen LogP) is 3.16. The Balaban J connectivity index is 1.98. The van der Waals surface area contributed by atoms with Crippen LogP contribution in [0, 0.1) is 6.92 Å². The standard InChI is InChI=1S/C15H17BrN2O3S2/c1-10-3-5-13(12(16)9-10)18-15(19)14-6-4-11(22-14)7-8-17-23(2,20)21/h3-6,9,17H,7-8H2,1-2H3,(H,18,19). The van der Waals surface area contributed by atoms with Crippen LogP contribution in [0.4, 0.5) is 5.69 Å². The molecule has 5 nitrogen and oxygen atoms in total. The van der Waals surface area contributed by atoms with Gasteiger partial charge in [-0.05, 0) is 59.1 Å². The average Bonchev–Trinajstić information content (AvgIpc) is 2.89. The van der Waals surface area contributed by atoms with Crippen LogP contribution < -0.4 is 10.0 Å². The van der Waals surface area contributed by atoms with E-state index in [1.54, 1.807) is 6.07 Å². The maximum Gasteiger partial charge on any atom is 0.265 e. The minimum absolute atomic E-state index is 0.179. The average molecular weight is 417 g/mol. The van der Waals surface area contributed by atoms with E-state index < -0.39 is 10.0 Å². The van der Waals surface area contributed by atoms with E-state index >= 15 is 0 Å². The van der Waals surface area contributed by atoms with Crippen molar-refractivity contribution in [2.45, 2.75) is 13.3 Å². The number of rotatable bonds is 6. The van der Waals surface area contributed by atoms with E-state index in [0.717, 1.165) is 21.2 Å². The molecule has 124 valence electrons. The van der Waals surface area contributed by atoms with Crippen LogP contribution in [-0.4, -0.2) is 27.1 Å². The molecular weight excluding hydrogens is 400 g/mol. The molecule has 0 bridgehead atoms. The second-order valence-corrected chi connectivity index (χ2v) is 8.98. The first-order valence-electron chi connectivity index (χ1n) is 6.85. The van der Waals surface area contributed by atoms with Gasteiger partial charge in [0.15, 0.2) is 0 Å². The first kappa shape index (κ1) is 18.1. The molecule has 0 aliphatic carbocycles. The van der Waals surface area contributed by atoms with Crippen LogP contribution in [0.15, 0.2) is 34.8 Å². The third-order valence-corrected chi connectivity index (χ3v) is 5.52. The largest absolute Gasteiger partial charge is 0.320 e. The van der Waals surface area contributed by atoms with Gasteiger partial charge in [-0.25, -0.2) is 13.1 Å². The van der Waals surface area contributed by atoms with Crippen LogP contribution in [0.25, 0.3) is 0 Å². The molecule has 0 radical (unpaired) electrons. The highest BCUT2D eigenvalue weighted by molar-refractivity contribution is 9.10. The maximum atomic E-state index is 12.3. The summed E-state index contributed by atoms with van der Waals surface area (Å²) in [6.07, 6.45) is 1.68. The number of hydrogen-bond donors (Lipinski definition) is 2. The van der Waals surface area contributed by atoms with Crippen molar-refractivity contribution in [3.8, 4) is 0 Å². The summed E-state index contributed by atoms with van der Waals surface area (Å²) in [4.78, 5) is 13.8. The van der Waals surface area contributed by atoms with E-state index in [-0.39, 0.29) is 5.91 Å². The molecule has 1 aromatic heterocycles. The van der Waals surface area contributed by atoms with Gasteiger partial charge in [-0.2, -0.15) is 0 Å². The Morgan fingerprint density at radius 2 is 2.00 bits per heavy atom. The monoisotopic (exact) mass is 416 g/mol. The lowest BCUT2D eigenvalue weighted by atomic mass is 10.2. The van der Waals surface area contributed by atoms with Gasteiger partial charge in [0.25, 0.3) is 5.91 Å². The first-order valence-corrected chi connectivity index (χ1v) is 10.4. The lowest BCUT2D eigenvalue weighted by Gasteiger charge is -2.06. The van der Waals surface area contributed by atoms with Crippen molar-refractivity contribution < 1.29 is 13.2 Å². The highest BCUT2D eigenvalue weighted by Gasteiger charge is 2.11. The van der Waals surface area contributed by atoms with Gasteiger partial charge in [-0.3, -0.25) is 4.79 Å². The second kappa shape index (κ2) is 7.57. The van der Waals surface area contributed by atoms with Crippen LogP contribution in [0.3, 0.4) is 0 Å². The van der Waals surface area contributed by atoms with Gasteiger partial charge in [-0.15, -0.1) is 11.3 Å². The molecule has 2 rings (SSSR count). The lowest BCUT2D eigenvalue weighted by Crippen LogP contribution is -2.24. The van der Waals surface area contributed by atoms with Crippen molar-refractivity contribution in [1.29, 1.82) is 0 Å². The Kier molecular flexibility index (Phi) is 5.96. The number of carbonyl (C=O) groups is 1. The third kappa shape index (κ3) is 5.72. The highest BCUT2D eigenvalue weighted by atomic mass is 79.9. The Bertz CT molecular complexity index is 816. The van der Waals surface area contributed by atoms with Crippen molar-refractivity contribution in [3.05, 3.63) is 50.1 Å². The molecular formula is C15H17BrN2O3S2. The molecule has 1 amide bonds. The first-order chi connectivity index (χ1) is 10.7. The number of benzene rings is 1. The Morgan fingerprint density at radius 3 is 2.65 bits per heavy atom. The normalized spacial score (nSPS) is 11.4. The zero-order chi connectivity index (χ0) is 17.0. The van der Waals surface area contributed by atoms with Gasteiger partial charge in [0.1, 0.15) is 0 Å². The molecule has 0 saturated carbocycles. The van der Waals surface area contributed by atoms with Crippen molar-refractivity contribution in [2.75, 3.05) is 18.1 Å². The molecule has 0 unspecified atom stereocenters. The summed E-state index contributed by atoms with van der Waals surface area (Å²) in [5, 5.41) is 2.86. The molecule has 0 fully saturated rings. The molecule has 1 aromatic carbocycles. The van der Waals surface area contributed by atoms with Crippen LogP contribution >= 0.6 is 27.3 Å². The lowest BCUT2D eigenvalue weighted by molar-refractivity contribution is 0.103. The van der Waals surface area contributed by atoms with Crippen molar-refractivity contribution in [1.82, 2.24) is 4.72 Å². The summed E-state index contributed by atoms with van der Waals surface area (Å²) >= 11 is 4.79. The van der Waals surface area contributed by atoms with Crippen LogP contribution in [-0.2, 0) is 16.4 Å². The third-order valence-electron chi connectivity index (χ3n) is 2.99. The minimum Gasteiger partial charge on any atom is -0.320 e. The quantitative estimate of drug-likeness (QED) is 0.758. The van der Waals surface area contributed by atoms with Crippen molar-refractivity contribution in [2.24, 2.45) is 0 Å². The number of aryl methyl sites for hydroxylation is 1. The summed E-state index contributed by atoms with van der Waals surface area (Å²) in [7, 11) is -3.18. The highest BCUT2D eigenvalue weighted by Crippen LogP contribution is 2.25. The second-order valence-electron chi connectivity index (χ2n) is 5.12. The molecule has 2 aromatic rings.